The average molecular weight is 492 g/mol. The lowest BCUT2D eigenvalue weighted by Crippen LogP contribution is -2.39. The molecular formula is C29H33NO6. The third-order valence-corrected chi connectivity index (χ3v) is 5.90. The summed E-state index contributed by atoms with van der Waals surface area (Å²) in [6, 6.07) is 20.3. The lowest BCUT2D eigenvalue weighted by molar-refractivity contribution is -0.159. The van der Waals surface area contributed by atoms with Gasteiger partial charge in [0.05, 0.1) is 13.0 Å². The minimum Gasteiger partial charge on any atom is -0.503 e. The van der Waals surface area contributed by atoms with Gasteiger partial charge in [-0.05, 0) is 37.0 Å². The molecule has 0 aliphatic rings. The lowest BCUT2D eigenvalue weighted by atomic mass is 9.93. The zero-order valence-corrected chi connectivity index (χ0v) is 21.1. The molecule has 3 rings (SSSR count). The van der Waals surface area contributed by atoms with Gasteiger partial charge < -0.3 is 19.3 Å². The van der Waals surface area contributed by atoms with E-state index < -0.39 is 23.8 Å². The van der Waals surface area contributed by atoms with Crippen molar-refractivity contribution < 1.29 is 28.9 Å². The summed E-state index contributed by atoms with van der Waals surface area (Å²) < 4.78 is 17.1. The molecule has 2 aromatic carbocycles. The Balaban J connectivity index is 1.79. The smallest absolute Gasteiger partial charge is 0.310 e. The summed E-state index contributed by atoms with van der Waals surface area (Å²) in [5.41, 5.74) is 0.754. The number of carbonyl (C=O) groups excluding carboxylic acids is 2. The van der Waals surface area contributed by atoms with Crippen LogP contribution in [0.4, 0.5) is 0 Å². The number of ketones is 1. The first-order valence-corrected chi connectivity index (χ1v) is 12.0. The monoisotopic (exact) mass is 491 g/mol. The number of nitrogens with zero attached hydrogens (tertiary/aromatic N) is 1. The molecule has 0 aliphatic heterocycles. The first kappa shape index (κ1) is 26.7. The van der Waals surface area contributed by atoms with Crippen LogP contribution in [0.5, 0.6) is 17.2 Å². The molecule has 7 nitrogen and oxygen atoms in total. The summed E-state index contributed by atoms with van der Waals surface area (Å²) in [6.45, 7) is 5.79. The highest BCUT2D eigenvalue weighted by Gasteiger charge is 2.32. The van der Waals surface area contributed by atoms with Gasteiger partial charge >= 0.3 is 5.97 Å². The Kier molecular flexibility index (Phi) is 9.45. The van der Waals surface area contributed by atoms with E-state index in [1.165, 1.54) is 19.4 Å². The minimum absolute atomic E-state index is 0.0696. The quantitative estimate of drug-likeness (QED) is 0.273. The van der Waals surface area contributed by atoms with E-state index in [9.17, 15) is 14.7 Å². The molecule has 1 unspecified atom stereocenters. The molecule has 7 heteroatoms. The van der Waals surface area contributed by atoms with Crippen LogP contribution in [0.1, 0.15) is 43.2 Å². The van der Waals surface area contributed by atoms with Crippen LogP contribution in [0.15, 0.2) is 72.9 Å². The molecule has 0 fully saturated rings. The van der Waals surface area contributed by atoms with E-state index in [0.29, 0.717) is 12.2 Å². The number of hydrogen-bond acceptors (Lipinski definition) is 7. The van der Waals surface area contributed by atoms with Gasteiger partial charge in [0, 0.05) is 18.7 Å². The number of carbonyl (C=O) groups is 2. The van der Waals surface area contributed by atoms with Gasteiger partial charge in [-0.3, -0.25) is 9.59 Å². The van der Waals surface area contributed by atoms with Crippen molar-refractivity contribution in [2.45, 2.75) is 45.8 Å². The van der Waals surface area contributed by atoms with Crippen molar-refractivity contribution >= 4 is 11.8 Å². The van der Waals surface area contributed by atoms with E-state index in [2.05, 4.69) is 4.98 Å². The summed E-state index contributed by atoms with van der Waals surface area (Å²) in [5, 5.41) is 10.4. The maximum atomic E-state index is 13.4. The molecule has 0 aliphatic carbocycles. The minimum atomic E-state index is -0.778. The van der Waals surface area contributed by atoms with E-state index in [4.69, 9.17) is 14.2 Å². The number of Topliss-reactive ketones (excluding diaryl/α,β-unsaturated/α-hetero) is 1. The maximum absolute atomic E-state index is 13.4. The molecule has 0 spiro atoms. The Morgan fingerprint density at radius 3 is 2.19 bits per heavy atom. The molecule has 1 heterocycles. The largest absolute Gasteiger partial charge is 0.503 e. The van der Waals surface area contributed by atoms with Crippen molar-refractivity contribution in [3.05, 3.63) is 84.2 Å². The molecule has 0 bridgehead atoms. The Bertz CT molecular complexity index is 1130. The van der Waals surface area contributed by atoms with Crippen LogP contribution in [0, 0.1) is 11.8 Å². The van der Waals surface area contributed by atoms with Gasteiger partial charge in [0.2, 0.25) is 0 Å². The summed E-state index contributed by atoms with van der Waals surface area (Å²) >= 11 is 0. The highest BCUT2D eigenvalue weighted by Crippen LogP contribution is 2.30. The van der Waals surface area contributed by atoms with Crippen LogP contribution in [-0.2, 0) is 16.0 Å². The SMILES string of the molecule is COc1ccnc(C(=O)CC(Cc2ccccc2)C(=O)O[C@@H](C)[C@H](Oc2ccccc2)C(C)C)c1O. The van der Waals surface area contributed by atoms with Crippen molar-refractivity contribution in [2.75, 3.05) is 7.11 Å². The van der Waals surface area contributed by atoms with E-state index >= 15 is 0 Å². The highest BCUT2D eigenvalue weighted by molar-refractivity contribution is 5.99. The Hall–Kier alpha value is -3.87. The molecule has 3 aromatic rings. The first-order chi connectivity index (χ1) is 17.3. The summed E-state index contributed by atoms with van der Waals surface area (Å²) in [7, 11) is 1.39. The van der Waals surface area contributed by atoms with Crippen LogP contribution >= 0.6 is 0 Å². The topological polar surface area (TPSA) is 95.0 Å². The molecule has 0 saturated heterocycles. The fourth-order valence-electron chi connectivity index (χ4n) is 4.04. The number of hydrogen-bond donors (Lipinski definition) is 1. The fourth-order valence-corrected chi connectivity index (χ4v) is 4.04. The molecule has 36 heavy (non-hydrogen) atoms. The van der Waals surface area contributed by atoms with E-state index in [1.807, 2.05) is 74.5 Å². The Labute approximate surface area is 212 Å². The predicted octanol–water partition coefficient (Wildman–Crippen LogP) is 5.26. The van der Waals surface area contributed by atoms with E-state index in [-0.39, 0.29) is 35.6 Å². The number of para-hydroxylation sites is 1. The van der Waals surface area contributed by atoms with Gasteiger partial charge in [0.15, 0.2) is 23.0 Å². The number of esters is 1. The third-order valence-electron chi connectivity index (χ3n) is 5.90. The predicted molar refractivity (Wildman–Crippen MR) is 136 cm³/mol. The maximum Gasteiger partial charge on any atom is 0.310 e. The summed E-state index contributed by atoms with van der Waals surface area (Å²) in [4.78, 5) is 30.5. The number of pyridine rings is 1. The van der Waals surface area contributed by atoms with Gasteiger partial charge in [-0.15, -0.1) is 0 Å². The lowest BCUT2D eigenvalue weighted by Gasteiger charge is -2.29. The molecule has 1 aromatic heterocycles. The van der Waals surface area contributed by atoms with Gasteiger partial charge in [-0.25, -0.2) is 4.98 Å². The zero-order chi connectivity index (χ0) is 26.1. The van der Waals surface area contributed by atoms with Crippen molar-refractivity contribution in [1.29, 1.82) is 0 Å². The fraction of sp³-hybridized carbons (Fsp3) is 0.345. The Morgan fingerprint density at radius 1 is 0.944 bits per heavy atom. The number of ether oxygens (including phenoxy) is 3. The van der Waals surface area contributed by atoms with Crippen molar-refractivity contribution in [2.24, 2.45) is 11.8 Å². The van der Waals surface area contributed by atoms with Gasteiger partial charge in [-0.1, -0.05) is 62.4 Å². The standard InChI is InChI=1S/C29H33NO6/c1-19(2)28(36-23-13-9-6-10-14-23)20(3)35-29(33)22(17-21-11-7-5-8-12-21)18-24(31)26-27(32)25(34-4)15-16-30-26/h5-16,19-20,22,28,32H,17-18H2,1-4H3/t20-,22?,28+/m0/s1. The van der Waals surface area contributed by atoms with Crippen molar-refractivity contribution in [1.82, 2.24) is 4.98 Å². The molecule has 3 atom stereocenters. The van der Waals surface area contributed by atoms with E-state index in [1.54, 1.807) is 6.92 Å². The molecular weight excluding hydrogens is 458 g/mol. The third kappa shape index (κ3) is 7.07. The number of aromatic nitrogens is 1. The number of aromatic hydroxyl groups is 1. The number of rotatable bonds is 12. The van der Waals surface area contributed by atoms with Crippen molar-refractivity contribution in [3.63, 3.8) is 0 Å². The van der Waals surface area contributed by atoms with Crippen LogP contribution < -0.4 is 9.47 Å². The molecule has 190 valence electrons. The number of methoxy groups -OCH3 is 1. The second-order valence-electron chi connectivity index (χ2n) is 9.01. The van der Waals surface area contributed by atoms with Crippen LogP contribution in [0.3, 0.4) is 0 Å². The van der Waals surface area contributed by atoms with Crippen LogP contribution in [0.2, 0.25) is 0 Å². The second kappa shape index (κ2) is 12.7. The normalized spacial score (nSPS) is 13.5. The zero-order valence-electron chi connectivity index (χ0n) is 21.1. The summed E-state index contributed by atoms with van der Waals surface area (Å²) in [5.74, 6) is -1.21. The molecule has 0 radical (unpaired) electrons. The summed E-state index contributed by atoms with van der Waals surface area (Å²) in [6.07, 6.45) is 0.560. The highest BCUT2D eigenvalue weighted by atomic mass is 16.6. The Morgan fingerprint density at radius 2 is 1.58 bits per heavy atom. The van der Waals surface area contributed by atoms with E-state index in [0.717, 1.165) is 5.56 Å². The van der Waals surface area contributed by atoms with Gasteiger partial charge in [0.25, 0.3) is 0 Å². The van der Waals surface area contributed by atoms with Gasteiger partial charge in [0.1, 0.15) is 18.0 Å². The molecule has 1 N–H and O–H groups in total. The average Bonchev–Trinajstić information content (AvgIpc) is 2.87. The molecule has 0 saturated carbocycles. The number of benzene rings is 2. The first-order valence-electron chi connectivity index (χ1n) is 12.0. The molecule has 0 amide bonds. The van der Waals surface area contributed by atoms with Crippen LogP contribution in [-0.4, -0.2) is 41.2 Å². The van der Waals surface area contributed by atoms with Crippen molar-refractivity contribution in [3.8, 4) is 17.2 Å². The van der Waals surface area contributed by atoms with Gasteiger partial charge in [-0.2, -0.15) is 0 Å². The van der Waals surface area contributed by atoms with Crippen LogP contribution in [0.25, 0.3) is 0 Å². The second-order valence-corrected chi connectivity index (χ2v) is 9.01.